The highest BCUT2D eigenvalue weighted by molar-refractivity contribution is 5.93. The van der Waals surface area contributed by atoms with Gasteiger partial charge in [-0.15, -0.1) is 0 Å². The quantitative estimate of drug-likeness (QED) is 0.202. The number of carbonyl (C=O) groups excluding carboxylic acids is 2. The number of methoxy groups -OCH3 is 1. The van der Waals surface area contributed by atoms with Crippen molar-refractivity contribution < 1.29 is 44.0 Å². The molecule has 0 fully saturated rings. The molecule has 0 aromatic heterocycles. The van der Waals surface area contributed by atoms with E-state index in [-0.39, 0.29) is 24.2 Å². The molecule has 0 atom stereocenters. The molecule has 9 heteroatoms. The van der Waals surface area contributed by atoms with Gasteiger partial charge in [-0.3, -0.25) is 0 Å². The molecule has 0 heterocycles. The van der Waals surface area contributed by atoms with Crippen molar-refractivity contribution in [3.63, 3.8) is 0 Å². The Balaban J connectivity index is 0. The highest BCUT2D eigenvalue weighted by Gasteiger charge is 2.09. The predicted molar refractivity (Wildman–Crippen MR) is 105 cm³/mol. The number of hydrogen-bond acceptors (Lipinski definition) is 7. The molecule has 0 aliphatic carbocycles. The van der Waals surface area contributed by atoms with E-state index < -0.39 is 23.9 Å². The van der Waals surface area contributed by atoms with Crippen LogP contribution in [0.3, 0.4) is 0 Å². The second-order valence-corrected chi connectivity index (χ2v) is 5.41. The Labute approximate surface area is 169 Å². The highest BCUT2D eigenvalue weighted by Crippen LogP contribution is 2.11. The number of rotatable bonds is 11. The summed E-state index contributed by atoms with van der Waals surface area (Å²) in [5.41, 5.74) is 0.383. The smallest absolute Gasteiger partial charge is 0.341 e. The molecule has 162 valence electrons. The highest BCUT2D eigenvalue weighted by atomic mass is 16.5. The van der Waals surface area contributed by atoms with Crippen LogP contribution in [0.5, 0.6) is 0 Å². The van der Waals surface area contributed by atoms with Gasteiger partial charge in [0, 0.05) is 17.2 Å². The average molecular weight is 412 g/mol. The van der Waals surface area contributed by atoms with E-state index in [1.54, 1.807) is 6.92 Å². The molecule has 0 amide bonds. The first kappa shape index (κ1) is 27.9. The second-order valence-electron chi connectivity index (χ2n) is 5.41. The normalized spacial score (nSPS) is 11.3. The molecule has 0 aromatic carbocycles. The maximum Gasteiger partial charge on any atom is 0.341 e. The molecule has 0 spiro atoms. The summed E-state index contributed by atoms with van der Waals surface area (Å²) in [5.74, 6) is -3.41. The zero-order valence-corrected chi connectivity index (χ0v) is 16.8. The van der Waals surface area contributed by atoms with Crippen LogP contribution in [0.25, 0.3) is 0 Å². The summed E-state index contributed by atoms with van der Waals surface area (Å²) in [4.78, 5) is 42.8. The Kier molecular flexibility index (Phi) is 16.1. The monoisotopic (exact) mass is 412 g/mol. The molecule has 0 radical (unpaired) electrons. The van der Waals surface area contributed by atoms with E-state index >= 15 is 0 Å². The first-order chi connectivity index (χ1) is 13.6. The molecule has 0 saturated carbocycles. The predicted octanol–water partition coefficient (Wildman–Crippen LogP) is 2.94. The number of aliphatic hydroxyl groups is 1. The summed E-state index contributed by atoms with van der Waals surface area (Å²) < 4.78 is 8.99. The van der Waals surface area contributed by atoms with Gasteiger partial charge < -0.3 is 24.8 Å². The van der Waals surface area contributed by atoms with E-state index in [4.69, 9.17) is 15.3 Å². The number of allylic oxidation sites excluding steroid dienone is 1. The number of aliphatic carboxylic acids is 2. The fourth-order valence-corrected chi connectivity index (χ4v) is 1.68. The van der Waals surface area contributed by atoms with E-state index in [0.29, 0.717) is 18.3 Å². The first-order valence-electron chi connectivity index (χ1n) is 8.75. The lowest BCUT2D eigenvalue weighted by Crippen LogP contribution is -2.06. The van der Waals surface area contributed by atoms with E-state index in [9.17, 15) is 19.2 Å². The van der Waals surface area contributed by atoms with Crippen LogP contribution < -0.4 is 0 Å². The van der Waals surface area contributed by atoms with E-state index in [0.717, 1.165) is 25.0 Å². The summed E-state index contributed by atoms with van der Waals surface area (Å²) in [6, 6.07) is 0. The molecule has 0 rings (SSSR count). The van der Waals surface area contributed by atoms with Crippen LogP contribution in [0, 0.1) is 0 Å². The molecular formula is C20H28O9. The van der Waals surface area contributed by atoms with E-state index in [1.165, 1.54) is 13.2 Å². The molecule has 0 saturated heterocycles. The van der Waals surface area contributed by atoms with Gasteiger partial charge in [-0.1, -0.05) is 26.0 Å². The summed E-state index contributed by atoms with van der Waals surface area (Å²) >= 11 is 0. The number of carbonyl (C=O) groups is 4. The number of ether oxygens (including phenoxy) is 2. The summed E-state index contributed by atoms with van der Waals surface area (Å²) in [6.07, 6.45) is 6.21. The van der Waals surface area contributed by atoms with Crippen molar-refractivity contribution in [3.05, 3.63) is 47.8 Å². The molecule has 29 heavy (non-hydrogen) atoms. The molecule has 0 aliphatic rings. The minimum Gasteiger partial charge on any atom is -0.515 e. The summed E-state index contributed by atoms with van der Waals surface area (Å²) in [5, 5.41) is 25.6. The summed E-state index contributed by atoms with van der Waals surface area (Å²) in [7, 11) is 1.27. The fraction of sp³-hybridized carbons (Fsp3) is 0.400. The molecule has 0 unspecified atom stereocenters. The van der Waals surface area contributed by atoms with Gasteiger partial charge in [0.15, 0.2) is 0 Å². The van der Waals surface area contributed by atoms with E-state index in [2.05, 4.69) is 16.1 Å². The summed E-state index contributed by atoms with van der Waals surface area (Å²) in [6.45, 7) is 7.29. The van der Waals surface area contributed by atoms with Crippen LogP contribution >= 0.6 is 0 Å². The standard InChI is InChI=1S/C12H18O4.C8H10O5/c1-4-5-6-10(11(13)14)8-7-9(2)12(15)16-3;1-2-13-8(12)6(5-9)3-4-7(10)11/h8H,2,4-7H2,1,3H3,(H,13,14);3-5,9H,2H2,1H3,(H,10,11). The lowest BCUT2D eigenvalue weighted by molar-refractivity contribution is -0.138. The molecule has 0 bridgehead atoms. The van der Waals surface area contributed by atoms with Crippen LogP contribution in [-0.4, -0.2) is 52.9 Å². The third kappa shape index (κ3) is 14.4. The number of unbranched alkanes of at least 4 members (excludes halogenated alkanes) is 1. The first-order valence-corrected chi connectivity index (χ1v) is 8.75. The topological polar surface area (TPSA) is 147 Å². The largest absolute Gasteiger partial charge is 0.515 e. The number of esters is 2. The van der Waals surface area contributed by atoms with Gasteiger partial charge in [-0.2, -0.15) is 0 Å². The number of aliphatic hydroxyl groups excluding tert-OH is 1. The van der Waals surface area contributed by atoms with Gasteiger partial charge in [-0.05, 0) is 32.3 Å². The van der Waals surface area contributed by atoms with Gasteiger partial charge in [-0.25, -0.2) is 19.2 Å². The van der Waals surface area contributed by atoms with Crippen LogP contribution in [0.15, 0.2) is 47.8 Å². The molecule has 0 aliphatic heterocycles. The minimum atomic E-state index is -1.20. The van der Waals surface area contributed by atoms with Crippen molar-refractivity contribution in [2.24, 2.45) is 0 Å². The third-order valence-corrected chi connectivity index (χ3v) is 3.20. The fourth-order valence-electron chi connectivity index (χ4n) is 1.68. The maximum atomic E-state index is 11.0. The van der Waals surface area contributed by atoms with Crippen LogP contribution in [0.2, 0.25) is 0 Å². The molecular weight excluding hydrogens is 384 g/mol. The minimum absolute atomic E-state index is 0.164. The Morgan fingerprint density at radius 3 is 2.07 bits per heavy atom. The van der Waals surface area contributed by atoms with Crippen molar-refractivity contribution >= 4 is 23.9 Å². The number of carboxylic acid groups (broad SMARTS) is 2. The zero-order valence-electron chi connectivity index (χ0n) is 16.8. The van der Waals surface area contributed by atoms with Gasteiger partial charge in [0.25, 0.3) is 0 Å². The Morgan fingerprint density at radius 2 is 1.66 bits per heavy atom. The lowest BCUT2D eigenvalue weighted by Gasteiger charge is -2.03. The Morgan fingerprint density at radius 1 is 1.03 bits per heavy atom. The van der Waals surface area contributed by atoms with Crippen molar-refractivity contribution in [2.45, 2.75) is 39.5 Å². The van der Waals surface area contributed by atoms with Gasteiger partial charge in [0.05, 0.1) is 25.6 Å². The molecule has 3 N–H and O–H groups in total. The van der Waals surface area contributed by atoms with Gasteiger partial charge >= 0.3 is 23.9 Å². The molecule has 0 aromatic rings. The van der Waals surface area contributed by atoms with Crippen molar-refractivity contribution in [2.75, 3.05) is 13.7 Å². The van der Waals surface area contributed by atoms with Crippen molar-refractivity contribution in [1.29, 1.82) is 0 Å². The van der Waals surface area contributed by atoms with Crippen LogP contribution in [0.1, 0.15) is 39.5 Å². The number of carboxylic acids is 2. The lowest BCUT2D eigenvalue weighted by atomic mass is 10.1. The van der Waals surface area contributed by atoms with Crippen molar-refractivity contribution in [3.8, 4) is 0 Å². The average Bonchev–Trinajstić information content (AvgIpc) is 2.67. The van der Waals surface area contributed by atoms with Crippen LogP contribution in [0.4, 0.5) is 0 Å². The SMILES string of the molecule is C=C(CC=C(CCCC)C(=O)O)C(=O)OC.CCOC(=O)C(C=CC(=O)O)=CO. The zero-order chi connectivity index (χ0) is 22.8. The van der Waals surface area contributed by atoms with E-state index in [1.807, 2.05) is 6.92 Å². The third-order valence-electron chi connectivity index (χ3n) is 3.20. The Hall–Kier alpha value is -3.36. The van der Waals surface area contributed by atoms with Gasteiger partial charge in [0.1, 0.15) is 0 Å². The van der Waals surface area contributed by atoms with Crippen molar-refractivity contribution in [1.82, 2.24) is 0 Å². The maximum absolute atomic E-state index is 11.0. The number of hydrogen-bond donors (Lipinski definition) is 3. The molecule has 9 nitrogen and oxygen atoms in total. The Bertz CT molecular complexity index is 669. The van der Waals surface area contributed by atoms with Crippen LogP contribution in [-0.2, 0) is 28.7 Å². The second kappa shape index (κ2) is 16.8. The van der Waals surface area contributed by atoms with Gasteiger partial charge in [0.2, 0.25) is 0 Å².